The predicted octanol–water partition coefficient (Wildman–Crippen LogP) is 1.21. The Bertz CT molecular complexity index is 433. The number of halogens is 1. The molecule has 0 radical (unpaired) electrons. The van der Waals surface area contributed by atoms with Gasteiger partial charge in [0.25, 0.3) is 0 Å². The summed E-state index contributed by atoms with van der Waals surface area (Å²) in [6.45, 7) is 3.51. The zero-order chi connectivity index (χ0) is 13.5. The van der Waals surface area contributed by atoms with E-state index >= 15 is 0 Å². The van der Waals surface area contributed by atoms with Crippen LogP contribution in [-0.2, 0) is 16.1 Å². The molecule has 4 nitrogen and oxygen atoms in total. The Morgan fingerprint density at radius 3 is 2.50 bits per heavy atom. The number of carbonyl (C=O) groups is 2. The minimum absolute atomic E-state index is 0.0918. The van der Waals surface area contributed by atoms with E-state index in [2.05, 4.69) is 10.6 Å². The average molecular weight is 252 g/mol. The second-order valence-corrected chi connectivity index (χ2v) is 4.24. The Labute approximate surface area is 106 Å². The molecule has 0 unspecified atom stereocenters. The fourth-order valence-corrected chi connectivity index (χ4v) is 1.27. The van der Waals surface area contributed by atoms with Crippen LogP contribution in [0.15, 0.2) is 24.3 Å². The number of nitrogens with one attached hydrogen (secondary N) is 2. The van der Waals surface area contributed by atoms with E-state index in [9.17, 15) is 14.0 Å². The van der Waals surface area contributed by atoms with Crippen molar-refractivity contribution >= 4 is 11.8 Å². The van der Waals surface area contributed by atoms with E-state index in [4.69, 9.17) is 0 Å². The van der Waals surface area contributed by atoms with Gasteiger partial charge in [0.1, 0.15) is 5.82 Å². The lowest BCUT2D eigenvalue weighted by molar-refractivity contribution is -0.127. The minimum Gasteiger partial charge on any atom is -0.350 e. The lowest BCUT2D eigenvalue weighted by Crippen LogP contribution is -2.38. The SMILES string of the molecule is CC(C)C(=O)NCC(=O)NCc1ccccc1F. The molecule has 0 aromatic heterocycles. The Balaban J connectivity index is 2.34. The highest BCUT2D eigenvalue weighted by Crippen LogP contribution is 2.05. The molecule has 98 valence electrons. The van der Waals surface area contributed by atoms with Gasteiger partial charge in [-0.05, 0) is 6.07 Å². The van der Waals surface area contributed by atoms with Crippen molar-refractivity contribution in [3.63, 3.8) is 0 Å². The second-order valence-electron chi connectivity index (χ2n) is 4.24. The van der Waals surface area contributed by atoms with E-state index < -0.39 is 0 Å². The first kappa shape index (κ1) is 14.2. The number of benzene rings is 1. The van der Waals surface area contributed by atoms with Crippen molar-refractivity contribution in [1.29, 1.82) is 0 Å². The minimum atomic E-state index is -0.357. The molecule has 0 fully saturated rings. The van der Waals surface area contributed by atoms with Crippen molar-refractivity contribution in [2.75, 3.05) is 6.54 Å². The van der Waals surface area contributed by atoms with Crippen molar-refractivity contribution in [2.24, 2.45) is 5.92 Å². The largest absolute Gasteiger partial charge is 0.350 e. The maximum Gasteiger partial charge on any atom is 0.239 e. The monoisotopic (exact) mass is 252 g/mol. The van der Waals surface area contributed by atoms with E-state index in [0.29, 0.717) is 5.56 Å². The standard InChI is InChI=1S/C13H17FN2O2/c1-9(2)13(18)16-8-12(17)15-7-10-5-3-4-6-11(10)14/h3-6,9H,7-8H2,1-2H3,(H,15,17)(H,16,18). The second kappa shape index (κ2) is 6.74. The molecular weight excluding hydrogens is 235 g/mol. The molecule has 0 spiro atoms. The van der Waals surface area contributed by atoms with Crippen LogP contribution in [0.4, 0.5) is 4.39 Å². The third-order valence-corrected chi connectivity index (χ3v) is 2.38. The molecule has 2 amide bonds. The molecule has 0 aliphatic carbocycles. The first-order chi connectivity index (χ1) is 8.50. The normalized spacial score (nSPS) is 10.2. The van der Waals surface area contributed by atoms with Gasteiger partial charge in [-0.2, -0.15) is 0 Å². The zero-order valence-corrected chi connectivity index (χ0v) is 10.5. The van der Waals surface area contributed by atoms with Crippen LogP contribution in [0.5, 0.6) is 0 Å². The summed E-state index contributed by atoms with van der Waals surface area (Å²) in [6.07, 6.45) is 0. The Hall–Kier alpha value is -1.91. The van der Waals surface area contributed by atoms with Gasteiger partial charge in [-0.1, -0.05) is 32.0 Å². The van der Waals surface area contributed by atoms with Gasteiger partial charge in [-0.15, -0.1) is 0 Å². The van der Waals surface area contributed by atoms with Crippen LogP contribution in [0.2, 0.25) is 0 Å². The molecular formula is C13H17FN2O2. The molecule has 0 aliphatic rings. The first-order valence-corrected chi connectivity index (χ1v) is 5.78. The Morgan fingerprint density at radius 2 is 1.89 bits per heavy atom. The topological polar surface area (TPSA) is 58.2 Å². The molecule has 2 N–H and O–H groups in total. The Morgan fingerprint density at radius 1 is 1.22 bits per heavy atom. The van der Waals surface area contributed by atoms with Crippen molar-refractivity contribution in [3.8, 4) is 0 Å². The molecule has 0 aliphatic heterocycles. The number of amides is 2. The number of rotatable bonds is 5. The van der Waals surface area contributed by atoms with E-state index in [1.807, 2.05) is 0 Å². The van der Waals surface area contributed by atoms with Crippen LogP contribution in [0.3, 0.4) is 0 Å². The summed E-state index contributed by atoms with van der Waals surface area (Å²) in [5, 5.41) is 5.03. The van der Waals surface area contributed by atoms with Gasteiger partial charge < -0.3 is 10.6 Å². The maximum absolute atomic E-state index is 13.2. The molecule has 0 heterocycles. The number of hydrogen-bond acceptors (Lipinski definition) is 2. The summed E-state index contributed by atoms with van der Waals surface area (Å²) >= 11 is 0. The fraction of sp³-hybridized carbons (Fsp3) is 0.385. The van der Waals surface area contributed by atoms with Gasteiger partial charge >= 0.3 is 0 Å². The third kappa shape index (κ3) is 4.53. The lowest BCUT2D eigenvalue weighted by atomic mass is 10.2. The first-order valence-electron chi connectivity index (χ1n) is 5.78. The molecule has 1 aromatic carbocycles. The third-order valence-electron chi connectivity index (χ3n) is 2.38. The summed E-state index contributed by atoms with van der Waals surface area (Å²) in [5.41, 5.74) is 0.418. The quantitative estimate of drug-likeness (QED) is 0.827. The summed E-state index contributed by atoms with van der Waals surface area (Å²) in [4.78, 5) is 22.6. The van der Waals surface area contributed by atoms with Crippen molar-refractivity contribution in [2.45, 2.75) is 20.4 Å². The van der Waals surface area contributed by atoms with Gasteiger partial charge in [0.05, 0.1) is 6.54 Å². The molecule has 0 saturated heterocycles. The maximum atomic E-state index is 13.2. The molecule has 0 atom stereocenters. The smallest absolute Gasteiger partial charge is 0.239 e. The van der Waals surface area contributed by atoms with Crippen LogP contribution >= 0.6 is 0 Å². The number of carbonyl (C=O) groups excluding carboxylic acids is 2. The van der Waals surface area contributed by atoms with E-state index in [-0.39, 0.29) is 36.6 Å². The highest BCUT2D eigenvalue weighted by molar-refractivity contribution is 5.85. The molecule has 0 bridgehead atoms. The van der Waals surface area contributed by atoms with E-state index in [0.717, 1.165) is 0 Å². The van der Waals surface area contributed by atoms with Gasteiger partial charge in [-0.25, -0.2) is 4.39 Å². The zero-order valence-electron chi connectivity index (χ0n) is 10.5. The van der Waals surface area contributed by atoms with Crippen molar-refractivity contribution < 1.29 is 14.0 Å². The molecule has 18 heavy (non-hydrogen) atoms. The fourth-order valence-electron chi connectivity index (χ4n) is 1.27. The highest BCUT2D eigenvalue weighted by Gasteiger charge is 2.09. The number of hydrogen-bond donors (Lipinski definition) is 2. The lowest BCUT2D eigenvalue weighted by Gasteiger charge is -2.09. The highest BCUT2D eigenvalue weighted by atomic mass is 19.1. The Kier molecular flexibility index (Phi) is 5.30. The van der Waals surface area contributed by atoms with Gasteiger partial charge in [0.15, 0.2) is 0 Å². The van der Waals surface area contributed by atoms with Crippen LogP contribution < -0.4 is 10.6 Å². The summed E-state index contributed by atoms with van der Waals surface area (Å²) in [7, 11) is 0. The summed E-state index contributed by atoms with van der Waals surface area (Å²) in [5.74, 6) is -1.04. The predicted molar refractivity (Wildman–Crippen MR) is 66.1 cm³/mol. The molecule has 1 aromatic rings. The van der Waals surface area contributed by atoms with Crippen LogP contribution in [-0.4, -0.2) is 18.4 Å². The molecule has 1 rings (SSSR count). The van der Waals surface area contributed by atoms with E-state index in [1.54, 1.807) is 32.0 Å². The van der Waals surface area contributed by atoms with Crippen molar-refractivity contribution in [3.05, 3.63) is 35.6 Å². The van der Waals surface area contributed by atoms with Crippen LogP contribution in [0.1, 0.15) is 19.4 Å². The van der Waals surface area contributed by atoms with Crippen molar-refractivity contribution in [1.82, 2.24) is 10.6 Å². The van der Waals surface area contributed by atoms with E-state index in [1.165, 1.54) is 6.07 Å². The van der Waals surface area contributed by atoms with Gasteiger partial charge in [-0.3, -0.25) is 9.59 Å². The summed E-state index contributed by atoms with van der Waals surface area (Å²) in [6, 6.07) is 6.22. The van der Waals surface area contributed by atoms with Crippen LogP contribution in [0, 0.1) is 11.7 Å². The molecule has 5 heteroatoms. The van der Waals surface area contributed by atoms with Gasteiger partial charge in [0, 0.05) is 18.0 Å². The summed E-state index contributed by atoms with van der Waals surface area (Å²) < 4.78 is 13.2. The molecule has 0 saturated carbocycles. The van der Waals surface area contributed by atoms with Gasteiger partial charge in [0.2, 0.25) is 11.8 Å². The van der Waals surface area contributed by atoms with Crippen LogP contribution in [0.25, 0.3) is 0 Å². The average Bonchev–Trinajstić information content (AvgIpc) is 2.34.